The summed E-state index contributed by atoms with van der Waals surface area (Å²) in [4.78, 5) is 47.4. The van der Waals surface area contributed by atoms with Gasteiger partial charge < -0.3 is 25.0 Å². The van der Waals surface area contributed by atoms with Crippen molar-refractivity contribution in [2.75, 3.05) is 19.5 Å². The maximum Gasteiger partial charge on any atom is 0.340 e. The normalized spacial score (nSPS) is 11.5. The average Bonchev–Trinajstić information content (AvgIpc) is 2.77. The van der Waals surface area contributed by atoms with Crippen LogP contribution in [0.5, 0.6) is 0 Å². The summed E-state index contributed by atoms with van der Waals surface area (Å²) in [6.45, 7) is 1.19. The standard InChI is InChI=1S/C21H19N3O8/c1-11(25)17(18(26)22-14-6-4-5-12(9-14)19(27)28)24-23-16-10-13(20(29)31-2)7-8-15(16)21(30)32-3/h4-10,25H,1-3H3,(H,22,26)(H,27,28). The highest BCUT2D eigenvalue weighted by atomic mass is 16.5. The molecule has 2 aromatic carbocycles. The fourth-order valence-electron chi connectivity index (χ4n) is 2.45. The molecule has 0 saturated heterocycles. The van der Waals surface area contributed by atoms with Crippen molar-refractivity contribution in [1.29, 1.82) is 0 Å². The Balaban J connectivity index is 2.39. The molecule has 3 N–H and O–H groups in total. The van der Waals surface area contributed by atoms with Crippen molar-refractivity contribution >= 4 is 35.2 Å². The van der Waals surface area contributed by atoms with Crippen LogP contribution in [0.1, 0.15) is 38.0 Å². The molecule has 0 saturated carbocycles. The van der Waals surface area contributed by atoms with Crippen LogP contribution < -0.4 is 5.32 Å². The second-order valence-corrected chi connectivity index (χ2v) is 6.19. The first kappa shape index (κ1) is 23.7. The number of carbonyl (C=O) groups is 4. The zero-order chi connectivity index (χ0) is 23.8. The zero-order valence-electron chi connectivity index (χ0n) is 17.3. The van der Waals surface area contributed by atoms with Crippen LogP contribution in [0.3, 0.4) is 0 Å². The Labute approximate surface area is 182 Å². The van der Waals surface area contributed by atoms with Gasteiger partial charge in [-0.2, -0.15) is 0 Å². The van der Waals surface area contributed by atoms with E-state index in [0.29, 0.717) is 0 Å². The van der Waals surface area contributed by atoms with Crippen LogP contribution in [0.2, 0.25) is 0 Å². The Morgan fingerprint density at radius 2 is 1.59 bits per heavy atom. The number of ether oxygens (including phenoxy) is 2. The predicted molar refractivity (Wildman–Crippen MR) is 111 cm³/mol. The maximum atomic E-state index is 12.6. The second kappa shape index (κ2) is 10.5. The van der Waals surface area contributed by atoms with Crippen molar-refractivity contribution < 1.29 is 38.9 Å². The summed E-state index contributed by atoms with van der Waals surface area (Å²) in [6.07, 6.45) is 0. The SMILES string of the molecule is COC(=O)c1ccc(C(=O)OC)c(N=NC(C(=O)Nc2cccc(C(=O)O)c2)=C(C)O)c1. The molecule has 0 unspecified atom stereocenters. The molecule has 0 aliphatic rings. The number of carboxylic acids is 1. The number of aliphatic hydroxyl groups excluding tert-OH is 1. The van der Waals surface area contributed by atoms with Crippen LogP contribution in [-0.2, 0) is 14.3 Å². The van der Waals surface area contributed by atoms with E-state index in [9.17, 15) is 24.3 Å². The molecule has 2 rings (SSSR count). The van der Waals surface area contributed by atoms with Gasteiger partial charge in [0.1, 0.15) is 11.4 Å². The largest absolute Gasteiger partial charge is 0.510 e. The lowest BCUT2D eigenvalue weighted by Gasteiger charge is -2.08. The number of allylic oxidation sites excluding steroid dienone is 1. The fourth-order valence-corrected chi connectivity index (χ4v) is 2.45. The van der Waals surface area contributed by atoms with Gasteiger partial charge in [0.2, 0.25) is 0 Å². The van der Waals surface area contributed by atoms with Gasteiger partial charge in [-0.25, -0.2) is 14.4 Å². The van der Waals surface area contributed by atoms with E-state index in [0.717, 1.165) is 7.11 Å². The molecule has 0 aliphatic heterocycles. The van der Waals surface area contributed by atoms with E-state index >= 15 is 0 Å². The molecule has 0 aliphatic carbocycles. The number of carbonyl (C=O) groups excluding carboxylic acids is 3. The molecule has 0 radical (unpaired) electrons. The minimum Gasteiger partial charge on any atom is -0.510 e. The van der Waals surface area contributed by atoms with E-state index in [1.54, 1.807) is 0 Å². The fraction of sp³-hybridized carbons (Fsp3) is 0.143. The predicted octanol–water partition coefficient (Wildman–Crippen LogP) is 3.47. The third-order valence-electron chi connectivity index (χ3n) is 4.01. The number of azo groups is 1. The van der Waals surface area contributed by atoms with Gasteiger partial charge in [-0.15, -0.1) is 10.2 Å². The molecule has 2 aromatic rings. The number of methoxy groups -OCH3 is 2. The minimum atomic E-state index is -1.18. The molecular weight excluding hydrogens is 422 g/mol. The molecule has 0 heterocycles. The third kappa shape index (κ3) is 5.75. The molecular formula is C21H19N3O8. The third-order valence-corrected chi connectivity index (χ3v) is 4.01. The minimum absolute atomic E-state index is 0.0478. The van der Waals surface area contributed by atoms with Gasteiger partial charge in [-0.1, -0.05) is 6.07 Å². The Bertz CT molecular complexity index is 1130. The second-order valence-electron chi connectivity index (χ2n) is 6.19. The molecule has 0 bridgehead atoms. The highest BCUT2D eigenvalue weighted by molar-refractivity contribution is 6.04. The van der Waals surface area contributed by atoms with Crippen molar-refractivity contribution in [1.82, 2.24) is 0 Å². The van der Waals surface area contributed by atoms with Crippen molar-refractivity contribution in [2.24, 2.45) is 10.2 Å². The van der Waals surface area contributed by atoms with E-state index in [1.165, 1.54) is 56.5 Å². The van der Waals surface area contributed by atoms with Gasteiger partial charge in [0, 0.05) is 5.69 Å². The quantitative estimate of drug-likeness (QED) is 0.254. The molecule has 11 nitrogen and oxygen atoms in total. The van der Waals surface area contributed by atoms with Crippen LogP contribution in [0.4, 0.5) is 11.4 Å². The molecule has 32 heavy (non-hydrogen) atoms. The van der Waals surface area contributed by atoms with E-state index in [4.69, 9.17) is 5.11 Å². The molecule has 0 atom stereocenters. The topological polar surface area (TPSA) is 164 Å². The number of carboxylic acid groups (broad SMARTS) is 1. The molecule has 0 fully saturated rings. The number of amides is 1. The maximum absolute atomic E-state index is 12.6. The summed E-state index contributed by atoms with van der Waals surface area (Å²) in [7, 11) is 2.33. The monoisotopic (exact) mass is 441 g/mol. The lowest BCUT2D eigenvalue weighted by molar-refractivity contribution is -0.113. The van der Waals surface area contributed by atoms with Crippen molar-refractivity contribution in [3.8, 4) is 0 Å². The Kier molecular flexibility index (Phi) is 7.77. The summed E-state index contributed by atoms with van der Waals surface area (Å²) < 4.78 is 9.30. The number of aromatic carboxylic acids is 1. The van der Waals surface area contributed by atoms with Gasteiger partial charge in [0.15, 0.2) is 5.70 Å². The molecule has 11 heteroatoms. The van der Waals surface area contributed by atoms with Gasteiger partial charge in [0.05, 0.1) is 30.9 Å². The number of esters is 2. The van der Waals surface area contributed by atoms with Gasteiger partial charge in [-0.3, -0.25) is 4.79 Å². The number of nitrogens with zero attached hydrogens (tertiary/aromatic N) is 2. The lowest BCUT2D eigenvalue weighted by atomic mass is 10.1. The first-order valence-electron chi connectivity index (χ1n) is 8.95. The van der Waals surface area contributed by atoms with Crippen LogP contribution in [0.15, 0.2) is 64.1 Å². The van der Waals surface area contributed by atoms with E-state index in [1.807, 2.05) is 0 Å². The van der Waals surface area contributed by atoms with E-state index < -0.39 is 35.3 Å². The number of aliphatic hydroxyl groups is 1. The Morgan fingerprint density at radius 1 is 0.906 bits per heavy atom. The number of anilines is 1. The van der Waals surface area contributed by atoms with Crippen molar-refractivity contribution in [3.63, 3.8) is 0 Å². The highest BCUT2D eigenvalue weighted by Gasteiger charge is 2.18. The number of rotatable bonds is 7. The zero-order valence-corrected chi connectivity index (χ0v) is 17.3. The lowest BCUT2D eigenvalue weighted by Crippen LogP contribution is -2.15. The smallest absolute Gasteiger partial charge is 0.340 e. The Hall–Kier alpha value is -4.54. The van der Waals surface area contributed by atoms with Gasteiger partial charge in [-0.05, 0) is 43.3 Å². The highest BCUT2D eigenvalue weighted by Crippen LogP contribution is 2.24. The number of hydrogen-bond donors (Lipinski definition) is 3. The summed E-state index contributed by atoms with van der Waals surface area (Å²) in [5.74, 6) is -4.03. The van der Waals surface area contributed by atoms with Gasteiger partial charge in [0.25, 0.3) is 5.91 Å². The summed E-state index contributed by atoms with van der Waals surface area (Å²) >= 11 is 0. The van der Waals surface area contributed by atoms with Crippen molar-refractivity contribution in [3.05, 3.63) is 70.6 Å². The summed E-state index contributed by atoms with van der Waals surface area (Å²) in [6, 6.07) is 9.25. The van der Waals surface area contributed by atoms with Crippen molar-refractivity contribution in [2.45, 2.75) is 6.92 Å². The number of hydrogen-bond acceptors (Lipinski definition) is 9. The van der Waals surface area contributed by atoms with Crippen LogP contribution >= 0.6 is 0 Å². The first-order valence-corrected chi connectivity index (χ1v) is 8.95. The summed E-state index contributed by atoms with van der Waals surface area (Å²) in [5, 5.41) is 28.9. The summed E-state index contributed by atoms with van der Waals surface area (Å²) in [5.41, 5.74) is -0.516. The molecule has 166 valence electrons. The number of nitrogens with one attached hydrogen (secondary N) is 1. The average molecular weight is 441 g/mol. The van der Waals surface area contributed by atoms with E-state index in [-0.39, 0.29) is 28.1 Å². The molecule has 0 aromatic heterocycles. The number of benzene rings is 2. The first-order chi connectivity index (χ1) is 15.2. The van der Waals surface area contributed by atoms with Crippen LogP contribution in [0.25, 0.3) is 0 Å². The Morgan fingerprint density at radius 3 is 2.19 bits per heavy atom. The van der Waals surface area contributed by atoms with Crippen LogP contribution in [0, 0.1) is 0 Å². The molecule has 0 spiro atoms. The van der Waals surface area contributed by atoms with E-state index in [2.05, 4.69) is 25.0 Å². The van der Waals surface area contributed by atoms with Gasteiger partial charge >= 0.3 is 17.9 Å². The van der Waals surface area contributed by atoms with Crippen LogP contribution in [-0.4, -0.2) is 48.2 Å². The molecule has 1 amide bonds.